The summed E-state index contributed by atoms with van der Waals surface area (Å²) in [6.45, 7) is 1.92. The first-order valence-electron chi connectivity index (χ1n) is 6.15. The first kappa shape index (κ1) is 14.9. The van der Waals surface area contributed by atoms with Crippen molar-refractivity contribution in [1.82, 2.24) is 0 Å². The molecule has 1 heterocycles. The van der Waals surface area contributed by atoms with E-state index >= 15 is 0 Å². The number of hydrogen-bond donors (Lipinski definition) is 3. The van der Waals surface area contributed by atoms with Gasteiger partial charge in [-0.2, -0.15) is 0 Å². The van der Waals surface area contributed by atoms with Crippen LogP contribution in [0.4, 0.5) is 5.69 Å². The number of thiophene rings is 1. The maximum absolute atomic E-state index is 12.0. The van der Waals surface area contributed by atoms with E-state index in [2.05, 4.69) is 10.5 Å². The molecule has 0 aliphatic carbocycles. The highest BCUT2D eigenvalue weighted by molar-refractivity contribution is 7.14. The van der Waals surface area contributed by atoms with Crippen LogP contribution in [0.25, 0.3) is 0 Å². The predicted octanol–water partition coefficient (Wildman–Crippen LogP) is 2.43. The third-order valence-electron chi connectivity index (χ3n) is 2.57. The van der Waals surface area contributed by atoms with Crippen LogP contribution in [-0.2, 0) is 0 Å². The summed E-state index contributed by atoms with van der Waals surface area (Å²) in [5.74, 6) is 0.321. The van der Waals surface area contributed by atoms with Crippen molar-refractivity contribution in [3.05, 3.63) is 46.2 Å². The molecule has 0 radical (unpaired) electrons. The molecular formula is C14H15N3O3S. The lowest BCUT2D eigenvalue weighted by atomic mass is 10.3. The topological polar surface area (TPSA) is 96.9 Å². The van der Waals surface area contributed by atoms with Gasteiger partial charge in [-0.3, -0.25) is 4.79 Å². The fourth-order valence-electron chi connectivity index (χ4n) is 1.60. The van der Waals surface area contributed by atoms with E-state index in [-0.39, 0.29) is 18.3 Å². The number of nitrogens with zero attached hydrogens (tertiary/aromatic N) is 1. The van der Waals surface area contributed by atoms with Gasteiger partial charge in [0.15, 0.2) is 5.84 Å². The molecule has 1 aromatic carbocycles. The minimum absolute atomic E-state index is 0.0292. The molecule has 110 valence electrons. The highest BCUT2D eigenvalue weighted by Gasteiger charge is 2.08. The molecule has 6 nitrogen and oxygen atoms in total. The number of nitrogens with two attached hydrogens (primary N) is 1. The van der Waals surface area contributed by atoms with E-state index in [1.807, 2.05) is 13.0 Å². The lowest BCUT2D eigenvalue weighted by Gasteiger charge is -2.08. The molecule has 0 bridgehead atoms. The van der Waals surface area contributed by atoms with Crippen LogP contribution in [0, 0.1) is 6.92 Å². The Hall–Kier alpha value is -2.54. The van der Waals surface area contributed by atoms with Gasteiger partial charge in [0.05, 0.1) is 4.88 Å². The van der Waals surface area contributed by atoms with Crippen LogP contribution in [0.15, 0.2) is 41.6 Å². The molecule has 4 N–H and O–H groups in total. The van der Waals surface area contributed by atoms with E-state index < -0.39 is 0 Å². The molecule has 0 saturated carbocycles. The van der Waals surface area contributed by atoms with Gasteiger partial charge >= 0.3 is 0 Å². The predicted molar refractivity (Wildman–Crippen MR) is 82.4 cm³/mol. The maximum Gasteiger partial charge on any atom is 0.265 e. The van der Waals surface area contributed by atoms with Crippen molar-refractivity contribution in [3.63, 3.8) is 0 Å². The summed E-state index contributed by atoms with van der Waals surface area (Å²) in [5.41, 5.74) is 5.94. The van der Waals surface area contributed by atoms with E-state index in [0.29, 0.717) is 16.3 Å². The monoisotopic (exact) mass is 305 g/mol. The zero-order valence-electron chi connectivity index (χ0n) is 11.4. The second kappa shape index (κ2) is 6.76. The molecule has 1 aromatic heterocycles. The molecule has 0 unspecified atom stereocenters. The Labute approximate surface area is 125 Å². The number of amidine groups is 1. The number of aryl methyl sites for hydroxylation is 1. The summed E-state index contributed by atoms with van der Waals surface area (Å²) >= 11 is 1.43. The van der Waals surface area contributed by atoms with Gasteiger partial charge in [0.25, 0.3) is 5.91 Å². The zero-order chi connectivity index (χ0) is 15.2. The van der Waals surface area contributed by atoms with Gasteiger partial charge in [-0.15, -0.1) is 11.3 Å². The molecule has 2 rings (SSSR count). The van der Waals surface area contributed by atoms with E-state index in [1.165, 1.54) is 11.3 Å². The van der Waals surface area contributed by atoms with Gasteiger partial charge in [0.2, 0.25) is 0 Å². The third-order valence-corrected chi connectivity index (χ3v) is 3.57. The van der Waals surface area contributed by atoms with Crippen molar-refractivity contribution in [1.29, 1.82) is 0 Å². The van der Waals surface area contributed by atoms with Crippen LogP contribution in [0.5, 0.6) is 5.75 Å². The number of amides is 1. The number of rotatable bonds is 5. The van der Waals surface area contributed by atoms with Crippen LogP contribution in [0.2, 0.25) is 0 Å². The second-order valence-electron chi connectivity index (χ2n) is 4.27. The first-order valence-corrected chi connectivity index (χ1v) is 6.97. The summed E-state index contributed by atoms with van der Waals surface area (Å²) in [7, 11) is 0. The second-order valence-corrected chi connectivity index (χ2v) is 5.56. The average molecular weight is 305 g/mol. The number of nitrogens with one attached hydrogen (secondary N) is 1. The molecule has 0 spiro atoms. The number of benzene rings is 1. The van der Waals surface area contributed by atoms with Crippen molar-refractivity contribution >= 4 is 28.8 Å². The molecule has 0 aliphatic rings. The van der Waals surface area contributed by atoms with Crippen molar-refractivity contribution < 1.29 is 14.7 Å². The van der Waals surface area contributed by atoms with E-state index in [4.69, 9.17) is 15.7 Å². The Morgan fingerprint density at radius 1 is 1.43 bits per heavy atom. The van der Waals surface area contributed by atoms with E-state index in [9.17, 15) is 4.79 Å². The molecular weight excluding hydrogens is 290 g/mol. The molecule has 0 atom stereocenters. The highest BCUT2D eigenvalue weighted by atomic mass is 32.1. The summed E-state index contributed by atoms with van der Waals surface area (Å²) in [5, 5.41) is 14.1. The molecule has 1 amide bonds. The lowest BCUT2D eigenvalue weighted by molar-refractivity contribution is 0.103. The molecule has 0 fully saturated rings. The van der Waals surface area contributed by atoms with Gasteiger partial charge in [-0.1, -0.05) is 11.2 Å². The van der Waals surface area contributed by atoms with Crippen LogP contribution in [0.3, 0.4) is 0 Å². The lowest BCUT2D eigenvalue weighted by Crippen LogP contribution is -2.20. The maximum atomic E-state index is 12.0. The minimum atomic E-state index is -0.165. The van der Waals surface area contributed by atoms with Gasteiger partial charge < -0.3 is 21.0 Å². The zero-order valence-corrected chi connectivity index (χ0v) is 12.2. The molecule has 21 heavy (non-hydrogen) atoms. The first-order chi connectivity index (χ1) is 10.1. The molecule has 2 aromatic rings. The van der Waals surface area contributed by atoms with E-state index in [0.717, 1.165) is 4.88 Å². The van der Waals surface area contributed by atoms with Crippen molar-refractivity contribution in [2.75, 3.05) is 11.9 Å². The third kappa shape index (κ3) is 4.22. The van der Waals surface area contributed by atoms with Gasteiger partial charge in [-0.05, 0) is 31.2 Å². The minimum Gasteiger partial charge on any atom is -0.485 e. The van der Waals surface area contributed by atoms with Crippen molar-refractivity contribution in [3.8, 4) is 5.75 Å². The highest BCUT2D eigenvalue weighted by Crippen LogP contribution is 2.20. The van der Waals surface area contributed by atoms with Crippen molar-refractivity contribution in [2.24, 2.45) is 10.9 Å². The molecule has 0 aliphatic heterocycles. The van der Waals surface area contributed by atoms with E-state index in [1.54, 1.807) is 30.3 Å². The summed E-state index contributed by atoms with van der Waals surface area (Å²) in [6.07, 6.45) is 0. The van der Waals surface area contributed by atoms with Gasteiger partial charge in [0.1, 0.15) is 12.4 Å². The fraction of sp³-hybridized carbons (Fsp3) is 0.143. The van der Waals surface area contributed by atoms with Crippen molar-refractivity contribution in [2.45, 2.75) is 6.92 Å². The van der Waals surface area contributed by atoms with Gasteiger partial charge in [-0.25, -0.2) is 0 Å². The Balaban J connectivity index is 2.02. The SMILES string of the molecule is Cc1ccc(C(=O)Nc2cccc(OC/C(N)=N/O)c2)s1. The Bertz CT molecular complexity index is 667. The number of hydrogen-bond acceptors (Lipinski definition) is 5. The smallest absolute Gasteiger partial charge is 0.265 e. The average Bonchev–Trinajstić information content (AvgIpc) is 2.92. The molecule has 0 saturated heterocycles. The van der Waals surface area contributed by atoms with Crippen LogP contribution >= 0.6 is 11.3 Å². The van der Waals surface area contributed by atoms with Crippen LogP contribution < -0.4 is 15.8 Å². The number of ether oxygens (including phenoxy) is 1. The largest absolute Gasteiger partial charge is 0.485 e. The van der Waals surface area contributed by atoms with Gasteiger partial charge in [0, 0.05) is 16.6 Å². The number of carbonyl (C=O) groups excluding carboxylic acids is 1. The summed E-state index contributed by atoms with van der Waals surface area (Å²) < 4.78 is 5.33. The Kier molecular flexibility index (Phi) is 4.78. The van der Waals surface area contributed by atoms with Crippen LogP contribution in [-0.4, -0.2) is 23.6 Å². The number of oxime groups is 1. The Morgan fingerprint density at radius 2 is 2.24 bits per heavy atom. The fourth-order valence-corrected chi connectivity index (χ4v) is 2.36. The Morgan fingerprint density at radius 3 is 2.90 bits per heavy atom. The standard InChI is InChI=1S/C14H15N3O3S/c1-9-5-6-12(21-9)14(18)16-10-3-2-4-11(7-10)20-8-13(15)17-19/h2-7,19H,8H2,1H3,(H2,15,17)(H,16,18). The van der Waals surface area contributed by atoms with Crippen LogP contribution in [0.1, 0.15) is 14.5 Å². The summed E-state index contributed by atoms with van der Waals surface area (Å²) in [6, 6.07) is 10.6. The number of anilines is 1. The quantitative estimate of drug-likeness (QED) is 0.342. The summed E-state index contributed by atoms with van der Waals surface area (Å²) in [4.78, 5) is 13.8. The number of carbonyl (C=O) groups is 1. The normalized spacial score (nSPS) is 11.2. The molecule has 7 heteroatoms.